The van der Waals surface area contributed by atoms with Gasteiger partial charge in [0.05, 0.1) is 10.0 Å². The second-order valence-corrected chi connectivity index (χ2v) is 5.56. The van der Waals surface area contributed by atoms with Gasteiger partial charge < -0.3 is 11.1 Å². The number of nitrogens with one attached hydrogen (secondary N) is 1. The Bertz CT molecular complexity index is 403. The van der Waals surface area contributed by atoms with Crippen LogP contribution in [0.1, 0.15) is 24.4 Å². The molecule has 0 aromatic heterocycles. The van der Waals surface area contributed by atoms with Crippen molar-refractivity contribution in [2.45, 2.75) is 18.9 Å². The summed E-state index contributed by atoms with van der Waals surface area (Å²) in [5, 5.41) is 4.92. The van der Waals surface area contributed by atoms with E-state index in [1.54, 1.807) is 12.1 Å². The number of rotatable bonds is 2. The fourth-order valence-corrected chi connectivity index (χ4v) is 3.07. The van der Waals surface area contributed by atoms with Gasteiger partial charge in [-0.25, -0.2) is 0 Å². The summed E-state index contributed by atoms with van der Waals surface area (Å²) in [6.07, 6.45) is 2.08. The topological polar surface area (TPSA) is 38.0 Å². The van der Waals surface area contributed by atoms with Gasteiger partial charge in [0.1, 0.15) is 0 Å². The Hall–Kier alpha value is 0.01000. The quantitative estimate of drug-likeness (QED) is 0.817. The lowest BCUT2D eigenvalue weighted by molar-refractivity contribution is 0.322. The maximum Gasteiger partial charge on any atom is 0.0655 e. The lowest BCUT2D eigenvalue weighted by atomic mass is 9.86. The summed E-state index contributed by atoms with van der Waals surface area (Å²) in [5.41, 5.74) is 7.07. The van der Waals surface area contributed by atoms with E-state index in [1.807, 2.05) is 0 Å². The van der Waals surface area contributed by atoms with Gasteiger partial charge in [0, 0.05) is 16.6 Å². The Labute approximate surface area is 116 Å². The van der Waals surface area contributed by atoms with E-state index >= 15 is 0 Å². The molecule has 0 amide bonds. The van der Waals surface area contributed by atoms with E-state index in [2.05, 4.69) is 5.32 Å². The molecule has 1 atom stereocenters. The number of halogens is 3. The smallest absolute Gasteiger partial charge is 0.0655 e. The molecule has 2 nitrogen and oxygen atoms in total. The molecule has 0 saturated carbocycles. The normalized spacial score (nSPS) is 19.3. The lowest BCUT2D eigenvalue weighted by Crippen LogP contribution is -2.34. The molecule has 0 bridgehead atoms. The van der Waals surface area contributed by atoms with Crippen LogP contribution in [0.15, 0.2) is 12.1 Å². The molecule has 94 valence electrons. The predicted molar refractivity (Wildman–Crippen MR) is 74.0 cm³/mol. The van der Waals surface area contributed by atoms with Crippen molar-refractivity contribution in [3.05, 3.63) is 32.8 Å². The molecule has 17 heavy (non-hydrogen) atoms. The van der Waals surface area contributed by atoms with Crippen LogP contribution in [0.25, 0.3) is 0 Å². The first kappa shape index (κ1) is 13.4. The van der Waals surface area contributed by atoms with Gasteiger partial charge in [0.25, 0.3) is 0 Å². The van der Waals surface area contributed by atoms with Gasteiger partial charge in [-0.05, 0) is 44.0 Å². The summed E-state index contributed by atoms with van der Waals surface area (Å²) >= 11 is 18.4. The van der Waals surface area contributed by atoms with Crippen molar-refractivity contribution < 1.29 is 0 Å². The van der Waals surface area contributed by atoms with Gasteiger partial charge in [-0.15, -0.1) is 0 Å². The lowest BCUT2D eigenvalue weighted by Gasteiger charge is -2.29. The molecule has 3 N–H and O–H groups in total. The Morgan fingerprint density at radius 2 is 1.71 bits per heavy atom. The van der Waals surface area contributed by atoms with Crippen molar-refractivity contribution in [2.75, 3.05) is 13.1 Å². The summed E-state index contributed by atoms with van der Waals surface area (Å²) in [7, 11) is 0. The number of piperidine rings is 1. The highest BCUT2D eigenvalue weighted by Gasteiger charge is 2.26. The minimum absolute atomic E-state index is 0.143. The van der Waals surface area contributed by atoms with E-state index in [4.69, 9.17) is 40.5 Å². The summed E-state index contributed by atoms with van der Waals surface area (Å²) in [6, 6.07) is 3.31. The largest absolute Gasteiger partial charge is 0.324 e. The Morgan fingerprint density at radius 1 is 1.12 bits per heavy atom. The van der Waals surface area contributed by atoms with Gasteiger partial charge in [-0.3, -0.25) is 0 Å². The fourth-order valence-electron chi connectivity index (χ4n) is 2.29. The highest BCUT2D eigenvalue weighted by atomic mass is 35.5. The molecule has 1 aliphatic heterocycles. The molecule has 2 rings (SSSR count). The third kappa shape index (κ3) is 2.88. The van der Waals surface area contributed by atoms with E-state index in [0.717, 1.165) is 31.5 Å². The van der Waals surface area contributed by atoms with E-state index in [9.17, 15) is 0 Å². The van der Waals surface area contributed by atoms with Gasteiger partial charge in [0.2, 0.25) is 0 Å². The van der Waals surface area contributed by atoms with E-state index in [-0.39, 0.29) is 6.04 Å². The molecule has 1 saturated heterocycles. The third-order valence-corrected chi connectivity index (χ3v) is 4.45. The molecule has 1 fully saturated rings. The highest BCUT2D eigenvalue weighted by molar-refractivity contribution is 6.44. The Balaban J connectivity index is 2.29. The monoisotopic (exact) mass is 292 g/mol. The first-order valence-electron chi connectivity index (χ1n) is 5.71. The number of benzene rings is 1. The molecule has 1 aromatic carbocycles. The van der Waals surface area contributed by atoms with E-state index in [1.165, 1.54) is 0 Å². The molecule has 0 spiro atoms. The van der Waals surface area contributed by atoms with Crippen LogP contribution in [0.3, 0.4) is 0 Å². The van der Waals surface area contributed by atoms with Crippen LogP contribution >= 0.6 is 34.8 Å². The van der Waals surface area contributed by atoms with Crippen LogP contribution < -0.4 is 11.1 Å². The average Bonchev–Trinajstić information content (AvgIpc) is 2.35. The van der Waals surface area contributed by atoms with Crippen LogP contribution in [0.2, 0.25) is 15.1 Å². The number of hydrogen-bond acceptors (Lipinski definition) is 2. The number of nitrogens with two attached hydrogens (primary N) is 1. The molecule has 1 aromatic rings. The van der Waals surface area contributed by atoms with Crippen molar-refractivity contribution in [3.63, 3.8) is 0 Å². The standard InChI is InChI=1S/C12H15Cl3N2/c13-8-1-2-9(14)11(15)10(8)12(16)7-3-5-17-6-4-7/h1-2,7,12,17H,3-6,16H2/t12-/m1/s1. The van der Waals surface area contributed by atoms with Gasteiger partial charge in [-0.2, -0.15) is 0 Å². The zero-order chi connectivity index (χ0) is 12.4. The second kappa shape index (κ2) is 5.77. The van der Waals surface area contributed by atoms with Crippen molar-refractivity contribution in [1.29, 1.82) is 0 Å². The van der Waals surface area contributed by atoms with Crippen LogP contribution in [-0.2, 0) is 0 Å². The Kier molecular flexibility index (Phi) is 4.56. The summed E-state index contributed by atoms with van der Waals surface area (Å²) in [6.45, 7) is 1.99. The van der Waals surface area contributed by atoms with Crippen molar-refractivity contribution >= 4 is 34.8 Å². The fraction of sp³-hybridized carbons (Fsp3) is 0.500. The highest BCUT2D eigenvalue weighted by Crippen LogP contribution is 2.39. The molecule has 1 aliphatic rings. The van der Waals surface area contributed by atoms with Crippen molar-refractivity contribution in [2.24, 2.45) is 11.7 Å². The summed E-state index contributed by atoms with van der Waals surface area (Å²) < 4.78 is 0. The SMILES string of the molecule is N[C@@H](c1c(Cl)ccc(Cl)c1Cl)C1CCNCC1. The maximum atomic E-state index is 6.28. The van der Waals surface area contributed by atoms with E-state index < -0.39 is 0 Å². The molecule has 0 aliphatic carbocycles. The molecule has 0 radical (unpaired) electrons. The third-order valence-electron chi connectivity index (χ3n) is 3.30. The van der Waals surface area contributed by atoms with Crippen LogP contribution in [0, 0.1) is 5.92 Å². The molecular weight excluding hydrogens is 279 g/mol. The average molecular weight is 294 g/mol. The zero-order valence-corrected chi connectivity index (χ0v) is 11.6. The van der Waals surface area contributed by atoms with Crippen LogP contribution in [0.4, 0.5) is 0 Å². The van der Waals surface area contributed by atoms with Gasteiger partial charge in [0.15, 0.2) is 0 Å². The van der Waals surface area contributed by atoms with Crippen LogP contribution in [0.5, 0.6) is 0 Å². The molecule has 0 unspecified atom stereocenters. The predicted octanol–water partition coefficient (Wildman–Crippen LogP) is 3.65. The first-order chi connectivity index (χ1) is 8.11. The minimum Gasteiger partial charge on any atom is -0.324 e. The van der Waals surface area contributed by atoms with Crippen molar-refractivity contribution in [1.82, 2.24) is 5.32 Å². The Morgan fingerprint density at radius 3 is 2.35 bits per heavy atom. The van der Waals surface area contributed by atoms with Gasteiger partial charge >= 0.3 is 0 Å². The van der Waals surface area contributed by atoms with Crippen molar-refractivity contribution in [3.8, 4) is 0 Å². The van der Waals surface area contributed by atoms with E-state index in [0.29, 0.717) is 21.0 Å². The molecule has 5 heteroatoms. The summed E-state index contributed by atoms with van der Waals surface area (Å²) in [5.74, 6) is 0.407. The molecule has 1 heterocycles. The first-order valence-corrected chi connectivity index (χ1v) is 6.84. The zero-order valence-electron chi connectivity index (χ0n) is 9.35. The molecular formula is C12H15Cl3N2. The maximum absolute atomic E-state index is 6.28. The number of hydrogen-bond donors (Lipinski definition) is 2. The van der Waals surface area contributed by atoms with Gasteiger partial charge in [-0.1, -0.05) is 34.8 Å². The summed E-state index contributed by atoms with van der Waals surface area (Å²) in [4.78, 5) is 0. The minimum atomic E-state index is -0.143. The second-order valence-electron chi connectivity index (χ2n) is 4.37. The van der Waals surface area contributed by atoms with Crippen LogP contribution in [-0.4, -0.2) is 13.1 Å².